The second kappa shape index (κ2) is 8.75. The number of unbranched alkanes of at least 4 members (excludes halogenated alkanes) is 1. The second-order valence-electron chi connectivity index (χ2n) is 7.58. The fourth-order valence-corrected chi connectivity index (χ4v) is 2.88. The van der Waals surface area contributed by atoms with Crippen LogP contribution in [0, 0.1) is 0 Å². The lowest BCUT2D eigenvalue weighted by Gasteiger charge is -2.36. The average molecular weight is 384 g/mol. The third kappa shape index (κ3) is 5.90. The van der Waals surface area contributed by atoms with Crippen molar-refractivity contribution in [3.63, 3.8) is 0 Å². The molecule has 1 amide bonds. The van der Waals surface area contributed by atoms with E-state index in [1.807, 2.05) is 33.9 Å². The summed E-state index contributed by atoms with van der Waals surface area (Å²) in [6.07, 6.45) is 1.96. The summed E-state index contributed by atoms with van der Waals surface area (Å²) in [7, 11) is 2.01. The highest BCUT2D eigenvalue weighted by atomic mass is 35.5. The summed E-state index contributed by atoms with van der Waals surface area (Å²) < 4.78 is 5.44. The first-order chi connectivity index (χ1) is 12.2. The van der Waals surface area contributed by atoms with Crippen molar-refractivity contribution in [2.45, 2.75) is 46.1 Å². The van der Waals surface area contributed by atoms with E-state index >= 15 is 0 Å². The minimum absolute atomic E-state index is 0.246. The van der Waals surface area contributed by atoms with E-state index in [2.05, 4.69) is 26.7 Å². The van der Waals surface area contributed by atoms with Gasteiger partial charge >= 0.3 is 6.09 Å². The lowest BCUT2D eigenvalue weighted by Crippen LogP contribution is -2.50. The van der Waals surface area contributed by atoms with E-state index in [9.17, 15) is 4.79 Å². The Morgan fingerprint density at radius 1 is 1.27 bits per heavy atom. The molecule has 1 aliphatic heterocycles. The summed E-state index contributed by atoms with van der Waals surface area (Å²) in [5.74, 6) is 1.62. The van der Waals surface area contributed by atoms with Crippen LogP contribution in [0.3, 0.4) is 0 Å². The van der Waals surface area contributed by atoms with Gasteiger partial charge in [0.05, 0.1) is 0 Å². The lowest BCUT2D eigenvalue weighted by molar-refractivity contribution is 0.0240. The fourth-order valence-electron chi connectivity index (χ4n) is 2.71. The molecule has 0 atom stereocenters. The van der Waals surface area contributed by atoms with E-state index in [0.29, 0.717) is 26.2 Å². The van der Waals surface area contributed by atoms with Crippen LogP contribution in [-0.2, 0) is 4.74 Å². The third-order valence-corrected chi connectivity index (χ3v) is 4.33. The zero-order valence-corrected chi connectivity index (χ0v) is 17.2. The summed E-state index contributed by atoms with van der Waals surface area (Å²) in [5, 5.41) is 0.246. The number of halogens is 1. The minimum Gasteiger partial charge on any atom is -0.444 e. The van der Waals surface area contributed by atoms with Crippen LogP contribution in [0.1, 0.15) is 40.5 Å². The summed E-state index contributed by atoms with van der Waals surface area (Å²) in [6, 6.07) is 1.96. The molecule has 2 heterocycles. The van der Waals surface area contributed by atoms with Gasteiger partial charge in [-0.1, -0.05) is 13.3 Å². The SMILES string of the molecule is CCCCN(C)c1cc(N2CCN(C(=O)OC(C)(C)C)CC2)nc(Cl)n1. The molecule has 0 saturated carbocycles. The Labute approximate surface area is 161 Å². The molecule has 1 aliphatic rings. The van der Waals surface area contributed by atoms with Crippen LogP contribution in [0.25, 0.3) is 0 Å². The van der Waals surface area contributed by atoms with Crippen molar-refractivity contribution < 1.29 is 9.53 Å². The Hall–Kier alpha value is -1.76. The molecule has 0 aromatic carbocycles. The quantitative estimate of drug-likeness (QED) is 0.726. The molecule has 7 nitrogen and oxygen atoms in total. The number of piperazine rings is 1. The molecule has 2 rings (SSSR count). The van der Waals surface area contributed by atoms with E-state index in [1.165, 1.54) is 0 Å². The zero-order valence-electron chi connectivity index (χ0n) is 16.5. The van der Waals surface area contributed by atoms with Gasteiger partial charge in [0.25, 0.3) is 0 Å². The van der Waals surface area contributed by atoms with Crippen LogP contribution in [0.5, 0.6) is 0 Å². The fraction of sp³-hybridized carbons (Fsp3) is 0.722. The van der Waals surface area contributed by atoms with Gasteiger partial charge < -0.3 is 19.4 Å². The Bertz CT molecular complexity index is 612. The van der Waals surface area contributed by atoms with Crippen molar-refractivity contribution >= 4 is 29.3 Å². The van der Waals surface area contributed by atoms with Crippen molar-refractivity contribution in [2.75, 3.05) is 49.6 Å². The predicted molar refractivity (Wildman–Crippen MR) is 105 cm³/mol. The number of rotatable bonds is 5. The molecule has 1 saturated heterocycles. The molecule has 0 radical (unpaired) electrons. The lowest BCUT2D eigenvalue weighted by atomic mass is 10.2. The molecule has 26 heavy (non-hydrogen) atoms. The molecule has 1 aromatic rings. The Morgan fingerprint density at radius 2 is 1.92 bits per heavy atom. The Morgan fingerprint density at radius 3 is 2.50 bits per heavy atom. The number of hydrogen-bond acceptors (Lipinski definition) is 6. The van der Waals surface area contributed by atoms with Gasteiger partial charge in [-0.25, -0.2) is 14.8 Å². The van der Waals surface area contributed by atoms with Crippen LogP contribution in [0.2, 0.25) is 5.28 Å². The van der Waals surface area contributed by atoms with Gasteiger partial charge in [0.2, 0.25) is 5.28 Å². The van der Waals surface area contributed by atoms with Crippen molar-refractivity contribution in [3.05, 3.63) is 11.3 Å². The molecule has 0 spiro atoms. The van der Waals surface area contributed by atoms with E-state index < -0.39 is 5.60 Å². The highest BCUT2D eigenvalue weighted by Crippen LogP contribution is 2.22. The maximum Gasteiger partial charge on any atom is 0.410 e. The topological polar surface area (TPSA) is 61.8 Å². The number of carbonyl (C=O) groups is 1. The van der Waals surface area contributed by atoms with Gasteiger partial charge in [-0.15, -0.1) is 0 Å². The molecule has 146 valence electrons. The molecule has 0 bridgehead atoms. The van der Waals surface area contributed by atoms with Gasteiger partial charge in [-0.05, 0) is 38.8 Å². The molecular weight excluding hydrogens is 354 g/mol. The Balaban J connectivity index is 2.00. The van der Waals surface area contributed by atoms with Crippen LogP contribution < -0.4 is 9.80 Å². The normalized spacial score (nSPS) is 15.2. The van der Waals surface area contributed by atoms with E-state index in [1.54, 1.807) is 4.90 Å². The van der Waals surface area contributed by atoms with Crippen molar-refractivity contribution in [1.82, 2.24) is 14.9 Å². The number of amides is 1. The molecule has 0 aliphatic carbocycles. The van der Waals surface area contributed by atoms with E-state index in [-0.39, 0.29) is 11.4 Å². The molecule has 1 aromatic heterocycles. The molecule has 0 unspecified atom stereocenters. The van der Waals surface area contributed by atoms with Crippen molar-refractivity contribution in [3.8, 4) is 0 Å². The minimum atomic E-state index is -0.480. The van der Waals surface area contributed by atoms with Gasteiger partial charge in [0, 0.05) is 45.8 Å². The highest BCUT2D eigenvalue weighted by Gasteiger charge is 2.26. The van der Waals surface area contributed by atoms with Gasteiger partial charge in [-0.2, -0.15) is 0 Å². The van der Waals surface area contributed by atoms with Crippen LogP contribution in [0.15, 0.2) is 6.07 Å². The highest BCUT2D eigenvalue weighted by molar-refractivity contribution is 6.28. The molecule has 1 fully saturated rings. The molecular formula is C18H30ClN5O2. The third-order valence-electron chi connectivity index (χ3n) is 4.17. The monoisotopic (exact) mass is 383 g/mol. The van der Waals surface area contributed by atoms with Crippen LogP contribution in [0.4, 0.5) is 16.4 Å². The smallest absolute Gasteiger partial charge is 0.410 e. The van der Waals surface area contributed by atoms with Crippen molar-refractivity contribution in [1.29, 1.82) is 0 Å². The van der Waals surface area contributed by atoms with E-state index in [0.717, 1.165) is 31.0 Å². The predicted octanol–water partition coefficient (Wildman–Crippen LogP) is 3.42. The van der Waals surface area contributed by atoms with Gasteiger partial charge in [0.15, 0.2) is 0 Å². The Kier molecular flexibility index (Phi) is 6.92. The number of ether oxygens (including phenoxy) is 1. The first-order valence-corrected chi connectivity index (χ1v) is 9.56. The number of anilines is 2. The number of carbonyl (C=O) groups excluding carboxylic acids is 1. The summed E-state index contributed by atoms with van der Waals surface area (Å²) >= 11 is 6.14. The molecule has 8 heteroatoms. The van der Waals surface area contributed by atoms with Crippen LogP contribution >= 0.6 is 11.6 Å². The van der Waals surface area contributed by atoms with E-state index in [4.69, 9.17) is 16.3 Å². The first-order valence-electron chi connectivity index (χ1n) is 9.18. The van der Waals surface area contributed by atoms with Crippen molar-refractivity contribution in [2.24, 2.45) is 0 Å². The summed E-state index contributed by atoms with van der Waals surface area (Å²) in [5.41, 5.74) is -0.480. The average Bonchev–Trinajstić information content (AvgIpc) is 2.57. The summed E-state index contributed by atoms with van der Waals surface area (Å²) in [4.78, 5) is 26.8. The standard InChI is InChI=1S/C18H30ClN5O2/c1-6-7-8-22(5)14-13-15(21-16(19)20-14)23-9-11-24(12-10-23)17(25)26-18(2,3)4/h13H,6-12H2,1-5H3. The summed E-state index contributed by atoms with van der Waals surface area (Å²) in [6.45, 7) is 11.3. The largest absolute Gasteiger partial charge is 0.444 e. The maximum absolute atomic E-state index is 12.2. The maximum atomic E-state index is 12.2. The molecule has 0 N–H and O–H groups in total. The number of nitrogens with zero attached hydrogens (tertiary/aromatic N) is 5. The van der Waals surface area contributed by atoms with Gasteiger partial charge in [-0.3, -0.25) is 0 Å². The zero-order chi connectivity index (χ0) is 19.3. The number of hydrogen-bond donors (Lipinski definition) is 0. The number of aromatic nitrogens is 2. The second-order valence-corrected chi connectivity index (χ2v) is 7.92. The van der Waals surface area contributed by atoms with Crippen LogP contribution in [-0.4, -0.2) is 66.3 Å². The first kappa shape index (κ1) is 20.6. The van der Waals surface area contributed by atoms with Gasteiger partial charge in [0.1, 0.15) is 17.2 Å².